The Hall–Kier alpha value is -2.30. The van der Waals surface area contributed by atoms with Gasteiger partial charge in [0.05, 0.1) is 12.0 Å². The van der Waals surface area contributed by atoms with Crippen LogP contribution in [0.4, 0.5) is 5.82 Å². The minimum Gasteiger partial charge on any atom is -0.469 e. The molecule has 3 aromatic heterocycles. The van der Waals surface area contributed by atoms with E-state index in [0.717, 1.165) is 29.2 Å². The molecule has 0 saturated carbocycles. The summed E-state index contributed by atoms with van der Waals surface area (Å²) in [6.45, 7) is 6.40. The van der Waals surface area contributed by atoms with E-state index in [1.165, 1.54) is 0 Å². The van der Waals surface area contributed by atoms with Gasteiger partial charge in [-0.3, -0.25) is 0 Å². The summed E-state index contributed by atoms with van der Waals surface area (Å²) >= 11 is 0. The zero-order valence-electron chi connectivity index (χ0n) is 12.6. The third-order valence-electron chi connectivity index (χ3n) is 3.47. The third kappa shape index (κ3) is 2.91. The molecule has 0 saturated heterocycles. The lowest BCUT2D eigenvalue weighted by molar-refractivity contribution is 0.497. The van der Waals surface area contributed by atoms with Gasteiger partial charge >= 0.3 is 0 Å². The maximum absolute atomic E-state index is 5.39. The summed E-state index contributed by atoms with van der Waals surface area (Å²) < 4.78 is 7.27. The van der Waals surface area contributed by atoms with Crippen molar-refractivity contribution in [1.82, 2.24) is 14.6 Å². The van der Waals surface area contributed by atoms with Crippen molar-refractivity contribution in [1.29, 1.82) is 0 Å². The predicted octanol–water partition coefficient (Wildman–Crippen LogP) is 3.49. The van der Waals surface area contributed by atoms with Gasteiger partial charge in [-0.05, 0) is 31.0 Å². The van der Waals surface area contributed by atoms with Gasteiger partial charge in [-0.15, -0.1) is 0 Å². The lowest BCUT2D eigenvalue weighted by Gasteiger charge is -2.13. The van der Waals surface area contributed by atoms with E-state index in [1.54, 1.807) is 12.5 Å². The summed E-state index contributed by atoms with van der Waals surface area (Å²) in [5.74, 6) is 2.23. The second-order valence-corrected chi connectivity index (χ2v) is 5.66. The fraction of sp³-hybridized carbons (Fsp3) is 0.375. The SMILES string of the molecule is CC(Cc1ccco1)Nc1nccn2nc(C(C)C)cc12. The van der Waals surface area contributed by atoms with Gasteiger partial charge in [0, 0.05) is 24.9 Å². The van der Waals surface area contributed by atoms with Crippen LogP contribution < -0.4 is 5.32 Å². The topological polar surface area (TPSA) is 55.4 Å². The monoisotopic (exact) mass is 284 g/mol. The number of furan rings is 1. The number of nitrogens with one attached hydrogen (secondary N) is 1. The first-order valence-electron chi connectivity index (χ1n) is 7.26. The van der Waals surface area contributed by atoms with Crippen LogP contribution in [-0.4, -0.2) is 20.6 Å². The Labute approximate surface area is 124 Å². The number of rotatable bonds is 5. The van der Waals surface area contributed by atoms with Crippen molar-refractivity contribution >= 4 is 11.3 Å². The fourth-order valence-electron chi connectivity index (χ4n) is 2.35. The summed E-state index contributed by atoms with van der Waals surface area (Å²) in [6.07, 6.45) is 6.17. The Kier molecular flexibility index (Phi) is 3.64. The molecule has 0 spiro atoms. The largest absolute Gasteiger partial charge is 0.469 e. The molecule has 0 bridgehead atoms. The van der Waals surface area contributed by atoms with Gasteiger partial charge in [0.2, 0.25) is 0 Å². The molecular weight excluding hydrogens is 264 g/mol. The molecule has 1 atom stereocenters. The molecule has 5 nitrogen and oxygen atoms in total. The zero-order valence-corrected chi connectivity index (χ0v) is 12.6. The molecule has 3 rings (SSSR count). The first kappa shape index (κ1) is 13.7. The maximum atomic E-state index is 5.39. The van der Waals surface area contributed by atoms with E-state index in [0.29, 0.717) is 5.92 Å². The summed E-state index contributed by atoms with van der Waals surface area (Å²) in [5, 5.41) is 8.02. The van der Waals surface area contributed by atoms with Crippen molar-refractivity contribution in [3.63, 3.8) is 0 Å². The molecule has 3 heterocycles. The maximum Gasteiger partial charge on any atom is 0.152 e. The molecule has 0 aliphatic rings. The van der Waals surface area contributed by atoms with E-state index >= 15 is 0 Å². The van der Waals surface area contributed by atoms with Gasteiger partial charge in [0.25, 0.3) is 0 Å². The molecule has 1 N–H and O–H groups in total. The van der Waals surface area contributed by atoms with Crippen molar-refractivity contribution in [3.8, 4) is 0 Å². The molecule has 0 aliphatic heterocycles. The van der Waals surface area contributed by atoms with Crippen LogP contribution in [0.5, 0.6) is 0 Å². The highest BCUT2D eigenvalue weighted by atomic mass is 16.3. The quantitative estimate of drug-likeness (QED) is 0.779. The number of fused-ring (bicyclic) bond motifs is 1. The zero-order chi connectivity index (χ0) is 14.8. The molecule has 0 radical (unpaired) electrons. The Bertz CT molecular complexity index is 715. The Morgan fingerprint density at radius 3 is 2.90 bits per heavy atom. The highest BCUT2D eigenvalue weighted by Crippen LogP contribution is 2.20. The van der Waals surface area contributed by atoms with Gasteiger partial charge in [0.15, 0.2) is 5.82 Å². The van der Waals surface area contributed by atoms with Crippen LogP contribution in [0.2, 0.25) is 0 Å². The van der Waals surface area contributed by atoms with Gasteiger partial charge in [0.1, 0.15) is 11.3 Å². The molecule has 0 fully saturated rings. The van der Waals surface area contributed by atoms with Crippen LogP contribution in [0, 0.1) is 0 Å². The average molecular weight is 284 g/mol. The van der Waals surface area contributed by atoms with Crippen molar-refractivity contribution in [2.45, 2.75) is 39.2 Å². The minimum absolute atomic E-state index is 0.229. The van der Waals surface area contributed by atoms with Crippen molar-refractivity contribution < 1.29 is 4.42 Å². The molecular formula is C16H20N4O. The fourth-order valence-corrected chi connectivity index (χ4v) is 2.35. The third-order valence-corrected chi connectivity index (χ3v) is 3.47. The highest BCUT2D eigenvalue weighted by Gasteiger charge is 2.12. The molecule has 110 valence electrons. The van der Waals surface area contributed by atoms with Crippen LogP contribution in [-0.2, 0) is 6.42 Å². The Morgan fingerprint density at radius 2 is 2.19 bits per heavy atom. The summed E-state index contributed by atoms with van der Waals surface area (Å²) in [7, 11) is 0. The second kappa shape index (κ2) is 5.60. The van der Waals surface area contributed by atoms with Crippen LogP contribution in [0.3, 0.4) is 0 Å². The normalized spacial score (nSPS) is 13.0. The van der Waals surface area contributed by atoms with Crippen molar-refractivity contribution in [2.24, 2.45) is 0 Å². The second-order valence-electron chi connectivity index (χ2n) is 5.66. The van der Waals surface area contributed by atoms with E-state index in [2.05, 4.69) is 42.2 Å². The summed E-state index contributed by atoms with van der Waals surface area (Å²) in [5.41, 5.74) is 2.08. The van der Waals surface area contributed by atoms with Gasteiger partial charge in [-0.2, -0.15) is 5.10 Å². The van der Waals surface area contributed by atoms with Gasteiger partial charge < -0.3 is 9.73 Å². The molecule has 21 heavy (non-hydrogen) atoms. The van der Waals surface area contributed by atoms with Crippen molar-refractivity contribution in [2.75, 3.05) is 5.32 Å². The van der Waals surface area contributed by atoms with E-state index in [9.17, 15) is 0 Å². The summed E-state index contributed by atoms with van der Waals surface area (Å²) in [4.78, 5) is 4.45. The van der Waals surface area contributed by atoms with Crippen LogP contribution in [0.15, 0.2) is 41.3 Å². The van der Waals surface area contributed by atoms with E-state index < -0.39 is 0 Å². The smallest absolute Gasteiger partial charge is 0.152 e. The first-order chi connectivity index (χ1) is 10.1. The molecule has 5 heteroatoms. The van der Waals surface area contributed by atoms with E-state index in [1.807, 2.05) is 22.8 Å². The molecule has 1 unspecified atom stereocenters. The molecule has 0 aliphatic carbocycles. The number of hydrogen-bond donors (Lipinski definition) is 1. The summed E-state index contributed by atoms with van der Waals surface area (Å²) in [6, 6.07) is 6.22. The molecule has 0 amide bonds. The lowest BCUT2D eigenvalue weighted by atomic mass is 10.1. The standard InChI is InChI=1S/C16H20N4O/c1-11(2)14-10-15-16(17-6-7-20(15)19-14)18-12(3)9-13-5-4-8-21-13/h4-8,10-12H,9H2,1-3H3,(H,17,18). The number of aromatic nitrogens is 3. The van der Waals surface area contributed by atoms with Crippen LogP contribution in [0.25, 0.3) is 5.52 Å². The minimum atomic E-state index is 0.229. The van der Waals surface area contributed by atoms with Crippen molar-refractivity contribution in [3.05, 3.63) is 48.3 Å². The average Bonchev–Trinajstić information content (AvgIpc) is 3.07. The number of nitrogens with zero attached hydrogens (tertiary/aromatic N) is 3. The first-order valence-corrected chi connectivity index (χ1v) is 7.26. The van der Waals surface area contributed by atoms with E-state index in [4.69, 9.17) is 4.42 Å². The Balaban J connectivity index is 1.83. The predicted molar refractivity (Wildman–Crippen MR) is 82.6 cm³/mol. The molecule has 3 aromatic rings. The number of anilines is 1. The van der Waals surface area contributed by atoms with Crippen LogP contribution >= 0.6 is 0 Å². The van der Waals surface area contributed by atoms with Gasteiger partial charge in [-0.25, -0.2) is 9.50 Å². The molecule has 0 aromatic carbocycles. The van der Waals surface area contributed by atoms with Gasteiger partial charge in [-0.1, -0.05) is 13.8 Å². The van der Waals surface area contributed by atoms with E-state index in [-0.39, 0.29) is 6.04 Å². The Morgan fingerprint density at radius 1 is 1.33 bits per heavy atom. The van der Waals surface area contributed by atoms with Crippen LogP contribution in [0.1, 0.15) is 38.1 Å². The lowest BCUT2D eigenvalue weighted by Crippen LogP contribution is -2.19. The number of hydrogen-bond acceptors (Lipinski definition) is 4. The highest BCUT2D eigenvalue weighted by molar-refractivity contribution is 5.68.